The van der Waals surface area contributed by atoms with Crippen LogP contribution in [0, 0.1) is 0 Å². The first-order valence-corrected chi connectivity index (χ1v) is 15.0. The van der Waals surface area contributed by atoms with Crippen LogP contribution in [0.5, 0.6) is 5.75 Å². The number of phosphoric acid groups is 1. The zero-order valence-electron chi connectivity index (χ0n) is 22.7. The van der Waals surface area contributed by atoms with Gasteiger partial charge in [0.05, 0.1) is 19.1 Å². The van der Waals surface area contributed by atoms with E-state index in [4.69, 9.17) is 30.1 Å². The quantitative estimate of drug-likeness (QED) is 0.204. The predicted molar refractivity (Wildman–Crippen MR) is 152 cm³/mol. The number of aliphatic imine (C=N–C) groups is 1. The molecular weight excluding hydrogens is 605 g/mol. The molecule has 5 atom stereocenters. The average molecular weight is 632 g/mol. The van der Waals surface area contributed by atoms with Crippen molar-refractivity contribution >= 4 is 49.2 Å². The summed E-state index contributed by atoms with van der Waals surface area (Å²) in [5.41, 5.74) is 0.827. The van der Waals surface area contributed by atoms with Crippen molar-refractivity contribution in [2.75, 3.05) is 5.32 Å². The number of ketones is 1. The number of carbonyl (C=O) groups excluding carboxylic acids is 3. The molecule has 0 aliphatic carbocycles. The Morgan fingerprint density at radius 1 is 1.16 bits per heavy atom. The number of aromatic nitrogens is 2. The van der Waals surface area contributed by atoms with Crippen molar-refractivity contribution in [2.24, 2.45) is 4.99 Å². The fourth-order valence-electron chi connectivity index (χ4n) is 4.36. The van der Waals surface area contributed by atoms with Crippen LogP contribution in [0.3, 0.4) is 0 Å². The monoisotopic (exact) mass is 631 g/mol. The molecule has 0 bridgehead atoms. The Morgan fingerprint density at radius 2 is 1.91 bits per heavy atom. The van der Waals surface area contributed by atoms with Gasteiger partial charge >= 0.3 is 13.8 Å². The van der Waals surface area contributed by atoms with Crippen LogP contribution in [0.25, 0.3) is 0 Å². The lowest BCUT2D eigenvalue weighted by molar-refractivity contribution is -0.170. The summed E-state index contributed by atoms with van der Waals surface area (Å²) in [6.07, 6.45) is -1.81. The number of imidazole rings is 1. The zero-order valence-corrected chi connectivity index (χ0v) is 24.3. The molecule has 3 heterocycles. The number of hydrogen-bond acceptors (Lipinski definition) is 11. The Hall–Kier alpha value is -4.07. The predicted octanol–water partition coefficient (Wildman–Crippen LogP) is 4.14. The summed E-state index contributed by atoms with van der Waals surface area (Å²) >= 11 is 5.86. The number of halogens is 1. The summed E-state index contributed by atoms with van der Waals surface area (Å²) in [6.45, 7) is 1.35. The van der Waals surface area contributed by atoms with E-state index in [9.17, 15) is 23.8 Å². The molecule has 3 aromatic rings. The topological polar surface area (TPSA) is 180 Å². The van der Waals surface area contributed by atoms with E-state index >= 15 is 0 Å². The average Bonchev–Trinajstić information content (AvgIpc) is 3.57. The van der Waals surface area contributed by atoms with E-state index in [1.165, 1.54) is 43.9 Å². The molecule has 226 valence electrons. The van der Waals surface area contributed by atoms with Crippen LogP contribution in [-0.4, -0.2) is 50.8 Å². The van der Waals surface area contributed by atoms with E-state index in [0.717, 1.165) is 0 Å². The van der Waals surface area contributed by atoms with Crippen LogP contribution >= 0.6 is 19.4 Å². The molecule has 0 saturated carbocycles. The summed E-state index contributed by atoms with van der Waals surface area (Å²) in [7, 11) is -4.79. The Morgan fingerprint density at radius 3 is 2.63 bits per heavy atom. The third-order valence-electron chi connectivity index (χ3n) is 6.38. The lowest BCUT2D eigenvalue weighted by atomic mass is 10.2. The van der Waals surface area contributed by atoms with Crippen LogP contribution in [0.4, 0.5) is 5.82 Å². The first kappa shape index (κ1) is 30.4. The van der Waals surface area contributed by atoms with Crippen molar-refractivity contribution in [1.82, 2.24) is 14.9 Å². The van der Waals surface area contributed by atoms with Gasteiger partial charge < -0.3 is 29.4 Å². The number of anilines is 1. The van der Waals surface area contributed by atoms with E-state index in [1.54, 1.807) is 34.9 Å². The van der Waals surface area contributed by atoms with Gasteiger partial charge in [-0.3, -0.25) is 19.0 Å². The summed E-state index contributed by atoms with van der Waals surface area (Å²) in [5, 5.41) is 6.17. The van der Waals surface area contributed by atoms with Crippen molar-refractivity contribution < 1.29 is 42.4 Å². The highest BCUT2D eigenvalue weighted by Crippen LogP contribution is 2.49. The number of carbonyl (C=O) groups is 3. The SMILES string of the molecule is CC(=O)CCC(=O)O[C@H]1C[C@H](n2cnc3c2NC=N[C@@H]3NC(=O)c2ccccc2)O[C@@H]1OP(=O)(O)Oc1ccc(Cl)cc1. The maximum Gasteiger partial charge on any atom is 0.529 e. The Bertz CT molecular complexity index is 1570. The van der Waals surface area contributed by atoms with Crippen molar-refractivity contribution in [2.45, 2.75) is 51.0 Å². The second kappa shape index (κ2) is 13.1. The number of rotatable bonds is 11. The number of fused-ring (bicyclic) bond motifs is 1. The van der Waals surface area contributed by atoms with Gasteiger partial charge in [0.2, 0.25) is 6.29 Å². The molecule has 0 radical (unpaired) electrons. The summed E-state index contributed by atoms with van der Waals surface area (Å²) in [5.74, 6) is -0.840. The lowest BCUT2D eigenvalue weighted by Gasteiger charge is -2.22. The second-order valence-corrected chi connectivity index (χ2v) is 11.4. The minimum Gasteiger partial charge on any atom is -0.457 e. The van der Waals surface area contributed by atoms with Gasteiger partial charge in [0.25, 0.3) is 5.91 Å². The van der Waals surface area contributed by atoms with Crippen LogP contribution in [-0.2, 0) is 28.2 Å². The molecule has 2 aliphatic heterocycles. The molecule has 3 N–H and O–H groups in total. The van der Waals surface area contributed by atoms with Gasteiger partial charge in [-0.05, 0) is 43.3 Å². The van der Waals surface area contributed by atoms with Crippen molar-refractivity contribution in [3.05, 3.63) is 77.2 Å². The molecule has 1 amide bonds. The molecule has 2 aliphatic rings. The van der Waals surface area contributed by atoms with E-state index < -0.39 is 38.6 Å². The fraction of sp³-hybridized carbons (Fsp3) is 0.296. The van der Waals surface area contributed by atoms with Crippen LogP contribution in [0.15, 0.2) is 65.9 Å². The second-order valence-electron chi connectivity index (χ2n) is 9.59. The first-order valence-electron chi connectivity index (χ1n) is 13.1. The molecule has 16 heteroatoms. The third-order valence-corrected chi connectivity index (χ3v) is 7.55. The van der Waals surface area contributed by atoms with Gasteiger partial charge in [-0.25, -0.2) is 19.1 Å². The smallest absolute Gasteiger partial charge is 0.457 e. The molecule has 1 unspecified atom stereocenters. The van der Waals surface area contributed by atoms with Crippen molar-refractivity contribution in [1.29, 1.82) is 0 Å². The van der Waals surface area contributed by atoms with Crippen LogP contribution in [0.2, 0.25) is 5.02 Å². The minimum atomic E-state index is -4.79. The van der Waals surface area contributed by atoms with Crippen molar-refractivity contribution in [3.8, 4) is 5.75 Å². The number of nitrogens with one attached hydrogen (secondary N) is 2. The Balaban J connectivity index is 1.33. The molecule has 43 heavy (non-hydrogen) atoms. The molecule has 1 saturated heterocycles. The molecule has 1 aromatic heterocycles. The zero-order chi connectivity index (χ0) is 30.6. The minimum absolute atomic E-state index is 0.00976. The van der Waals surface area contributed by atoms with E-state index in [0.29, 0.717) is 22.1 Å². The number of Topliss-reactive ketones (excluding diaryl/α,β-unsaturated/α-hetero) is 1. The largest absolute Gasteiger partial charge is 0.529 e. The summed E-state index contributed by atoms with van der Waals surface area (Å²) in [6, 6.07) is 14.3. The summed E-state index contributed by atoms with van der Waals surface area (Å²) < 4.78 is 36.3. The maximum atomic E-state index is 12.9. The van der Waals surface area contributed by atoms with Gasteiger partial charge in [0.1, 0.15) is 29.3 Å². The normalized spacial score (nSPS) is 22.1. The number of hydrogen-bond donors (Lipinski definition) is 3. The van der Waals surface area contributed by atoms with Crippen LogP contribution in [0.1, 0.15) is 54.6 Å². The van der Waals surface area contributed by atoms with Gasteiger partial charge in [-0.2, -0.15) is 0 Å². The molecular formula is C27H27ClN5O9P. The number of benzene rings is 2. The third kappa shape index (κ3) is 7.66. The van der Waals surface area contributed by atoms with E-state index in [1.807, 2.05) is 0 Å². The van der Waals surface area contributed by atoms with Gasteiger partial charge in [-0.1, -0.05) is 29.8 Å². The first-order chi connectivity index (χ1) is 20.6. The Labute approximate surface area is 250 Å². The number of ether oxygens (including phenoxy) is 2. The standard InChI is InChI=1S/C27H27ClN5O9P/c1-16(34)7-12-22(35)39-20-13-21(40-27(20)42-43(37,38)41-19-10-8-18(28)9-11-19)33-15-31-23-24(29-14-30-25(23)33)32-26(36)17-5-3-2-4-6-17/h2-6,8-11,14-15,20-21,24,27H,7,12-13H2,1H3,(H,29,30)(H,32,36)(H,37,38)/t20-,21+,24+,27+/m0/s1. The number of esters is 1. The lowest BCUT2D eigenvalue weighted by Crippen LogP contribution is -2.30. The van der Waals surface area contributed by atoms with E-state index in [-0.39, 0.29) is 36.7 Å². The van der Waals surface area contributed by atoms with Gasteiger partial charge in [0, 0.05) is 23.4 Å². The molecule has 5 rings (SSSR count). The highest BCUT2D eigenvalue weighted by Gasteiger charge is 2.45. The maximum absolute atomic E-state index is 12.9. The van der Waals surface area contributed by atoms with Gasteiger partial charge in [-0.15, -0.1) is 0 Å². The highest BCUT2D eigenvalue weighted by molar-refractivity contribution is 7.47. The Kier molecular flexibility index (Phi) is 9.23. The van der Waals surface area contributed by atoms with Crippen LogP contribution < -0.4 is 15.2 Å². The molecule has 0 spiro atoms. The highest BCUT2D eigenvalue weighted by atomic mass is 35.5. The number of nitrogens with zero attached hydrogens (tertiary/aromatic N) is 3. The number of phosphoric ester groups is 1. The summed E-state index contributed by atoms with van der Waals surface area (Å²) in [4.78, 5) is 55.7. The van der Waals surface area contributed by atoms with E-state index in [2.05, 4.69) is 20.6 Å². The molecule has 1 fully saturated rings. The molecule has 14 nitrogen and oxygen atoms in total. The van der Waals surface area contributed by atoms with Crippen molar-refractivity contribution in [3.63, 3.8) is 0 Å². The van der Waals surface area contributed by atoms with Gasteiger partial charge in [0.15, 0.2) is 12.3 Å². The number of amides is 1. The molecule has 2 aromatic carbocycles. The fourth-order valence-corrected chi connectivity index (χ4v) is 5.36.